The highest BCUT2D eigenvalue weighted by Gasteiger charge is 2.51. The van der Waals surface area contributed by atoms with E-state index < -0.39 is 34.4 Å². The predicted molar refractivity (Wildman–Crippen MR) is 147 cm³/mol. The molecule has 0 saturated carbocycles. The fraction of sp³-hybridized carbons (Fsp3) is 0.387. The van der Waals surface area contributed by atoms with Crippen LogP contribution in [0.25, 0.3) is 0 Å². The van der Waals surface area contributed by atoms with E-state index in [1.165, 1.54) is 17.0 Å². The number of hydrogen-bond acceptors (Lipinski definition) is 6. The van der Waals surface area contributed by atoms with Gasteiger partial charge in [0.2, 0.25) is 17.7 Å². The van der Waals surface area contributed by atoms with E-state index in [1.54, 1.807) is 18.5 Å². The minimum absolute atomic E-state index is 0.108. The zero-order valence-electron chi connectivity index (χ0n) is 22.8. The fourth-order valence-electron chi connectivity index (χ4n) is 7.20. The molecule has 3 aliphatic heterocycles. The van der Waals surface area contributed by atoms with E-state index in [-0.39, 0.29) is 18.4 Å². The molecule has 3 amide bonds. The molecule has 2 fully saturated rings. The molecule has 2 unspecified atom stereocenters. The van der Waals surface area contributed by atoms with Gasteiger partial charge in [0.1, 0.15) is 29.8 Å². The molecule has 11 heteroatoms. The van der Waals surface area contributed by atoms with E-state index in [0.29, 0.717) is 68.9 Å². The Bertz CT molecular complexity index is 1600. The van der Waals surface area contributed by atoms with Crippen LogP contribution in [-0.4, -0.2) is 52.3 Å². The summed E-state index contributed by atoms with van der Waals surface area (Å²) in [6, 6.07) is 8.07. The lowest BCUT2D eigenvalue weighted by molar-refractivity contribution is -0.159. The summed E-state index contributed by atoms with van der Waals surface area (Å²) in [7, 11) is 0. The number of ether oxygens (including phenoxy) is 1. The van der Waals surface area contributed by atoms with E-state index in [2.05, 4.69) is 20.6 Å². The summed E-state index contributed by atoms with van der Waals surface area (Å²) >= 11 is 0. The smallest absolute Gasteiger partial charge is 0.245 e. The van der Waals surface area contributed by atoms with Crippen LogP contribution in [0.15, 0.2) is 48.8 Å². The van der Waals surface area contributed by atoms with Gasteiger partial charge in [-0.1, -0.05) is 6.07 Å². The van der Waals surface area contributed by atoms with Crippen molar-refractivity contribution in [3.63, 3.8) is 0 Å². The molecule has 1 aromatic carbocycles. The average Bonchev–Trinajstić information content (AvgIpc) is 3.48. The first-order chi connectivity index (χ1) is 20.3. The zero-order valence-corrected chi connectivity index (χ0v) is 22.8. The van der Waals surface area contributed by atoms with Crippen LogP contribution in [0.3, 0.4) is 0 Å². The topological polar surface area (TPSA) is 114 Å². The number of amides is 3. The third-order valence-electron chi connectivity index (χ3n) is 9.35. The maximum Gasteiger partial charge on any atom is 0.245 e. The summed E-state index contributed by atoms with van der Waals surface area (Å²) in [5.41, 5.74) is 1.57. The van der Waals surface area contributed by atoms with Gasteiger partial charge >= 0.3 is 0 Å². The zero-order chi connectivity index (χ0) is 29.1. The summed E-state index contributed by atoms with van der Waals surface area (Å²) in [6.07, 6.45) is 6.33. The van der Waals surface area contributed by atoms with E-state index >= 15 is 0 Å². The highest BCUT2D eigenvalue weighted by atomic mass is 19.1. The summed E-state index contributed by atoms with van der Waals surface area (Å²) < 4.78 is 33.8. The first-order valence-electron chi connectivity index (χ1n) is 14.2. The van der Waals surface area contributed by atoms with Gasteiger partial charge in [0.05, 0.1) is 16.9 Å². The average molecular weight is 574 g/mol. The second kappa shape index (κ2) is 9.94. The molecule has 2 spiro atoms. The number of carbonyl (C=O) groups is 3. The number of pyridine rings is 2. The van der Waals surface area contributed by atoms with Crippen LogP contribution >= 0.6 is 0 Å². The van der Waals surface area contributed by atoms with Crippen molar-refractivity contribution < 1.29 is 27.9 Å². The molecule has 1 aliphatic carbocycles. The Morgan fingerprint density at radius 1 is 1.05 bits per heavy atom. The number of fused-ring (bicyclic) bond motifs is 3. The van der Waals surface area contributed by atoms with Gasteiger partial charge in [-0.2, -0.15) is 0 Å². The number of aromatic nitrogens is 2. The van der Waals surface area contributed by atoms with Crippen molar-refractivity contribution in [2.45, 2.75) is 50.0 Å². The second-order valence-electron chi connectivity index (χ2n) is 11.8. The Labute approximate surface area is 240 Å². The van der Waals surface area contributed by atoms with Gasteiger partial charge in [-0.25, -0.2) is 18.7 Å². The van der Waals surface area contributed by atoms with Gasteiger partial charge in [-0.05, 0) is 79.5 Å². The Balaban J connectivity index is 1.12. The second-order valence-corrected chi connectivity index (χ2v) is 11.8. The van der Waals surface area contributed by atoms with Gasteiger partial charge < -0.3 is 20.3 Å². The monoisotopic (exact) mass is 573 g/mol. The van der Waals surface area contributed by atoms with Crippen LogP contribution in [0.5, 0.6) is 0 Å². The van der Waals surface area contributed by atoms with E-state index in [9.17, 15) is 23.2 Å². The molecule has 2 atom stereocenters. The molecule has 4 aliphatic rings. The Kier molecular flexibility index (Phi) is 6.30. The van der Waals surface area contributed by atoms with Crippen molar-refractivity contribution in [2.24, 2.45) is 5.41 Å². The maximum atomic E-state index is 14.2. The number of rotatable bonds is 4. The number of halogens is 2. The largest absolute Gasteiger partial charge is 0.381 e. The Morgan fingerprint density at radius 2 is 1.81 bits per heavy atom. The minimum atomic E-state index is -0.762. The number of hydrogen-bond donors (Lipinski definition) is 2. The summed E-state index contributed by atoms with van der Waals surface area (Å²) in [5, 5.41) is 5.68. The highest BCUT2D eigenvalue weighted by Crippen LogP contribution is 2.48. The first-order valence-corrected chi connectivity index (χ1v) is 14.2. The molecule has 2 N–H and O–H groups in total. The lowest BCUT2D eigenvalue weighted by Gasteiger charge is -2.47. The molecule has 42 heavy (non-hydrogen) atoms. The minimum Gasteiger partial charge on any atom is -0.381 e. The summed E-state index contributed by atoms with van der Waals surface area (Å²) in [5.74, 6) is -1.38. The van der Waals surface area contributed by atoms with E-state index in [0.717, 1.165) is 22.8 Å². The van der Waals surface area contributed by atoms with Crippen LogP contribution in [0, 0.1) is 17.0 Å². The first kappa shape index (κ1) is 26.6. The summed E-state index contributed by atoms with van der Waals surface area (Å²) in [4.78, 5) is 50.5. The van der Waals surface area contributed by atoms with Crippen LogP contribution in [-0.2, 0) is 37.4 Å². The lowest BCUT2D eigenvalue weighted by atomic mass is 9.70. The molecule has 216 valence electrons. The lowest BCUT2D eigenvalue weighted by Crippen LogP contribution is -2.54. The predicted octanol–water partition coefficient (Wildman–Crippen LogP) is 3.84. The molecule has 0 radical (unpaired) electrons. The van der Waals surface area contributed by atoms with Gasteiger partial charge in [0.25, 0.3) is 0 Å². The Hall–Kier alpha value is -4.25. The summed E-state index contributed by atoms with van der Waals surface area (Å²) in [6.45, 7) is 0.600. The number of anilines is 2. The van der Waals surface area contributed by atoms with Gasteiger partial charge in [0, 0.05) is 37.2 Å². The molecule has 7 rings (SSSR count). The maximum absolute atomic E-state index is 14.2. The van der Waals surface area contributed by atoms with Gasteiger partial charge in [-0.15, -0.1) is 0 Å². The molecular weight excluding hydrogens is 544 g/mol. The van der Waals surface area contributed by atoms with Gasteiger partial charge in [-0.3, -0.25) is 14.4 Å². The van der Waals surface area contributed by atoms with E-state index in [4.69, 9.17) is 4.74 Å². The van der Waals surface area contributed by atoms with Crippen molar-refractivity contribution in [2.75, 3.05) is 30.4 Å². The van der Waals surface area contributed by atoms with Crippen LogP contribution in [0.2, 0.25) is 0 Å². The molecule has 2 saturated heterocycles. The molecule has 5 heterocycles. The van der Waals surface area contributed by atoms with Crippen molar-refractivity contribution in [1.82, 2.24) is 14.9 Å². The number of nitrogens with zero attached hydrogens (tertiary/aromatic N) is 3. The SMILES string of the molecule is O=C(CN1C(=O)C2(CCOCC2)CCC1c1cc(F)cc(F)c1)Nc1cc2c(cn1)CC1(C2)C(=O)Nc2ncccc21. The van der Waals surface area contributed by atoms with Crippen LogP contribution in [0.4, 0.5) is 20.4 Å². The van der Waals surface area contributed by atoms with Crippen molar-refractivity contribution in [3.05, 3.63) is 82.7 Å². The van der Waals surface area contributed by atoms with Crippen LogP contribution < -0.4 is 10.6 Å². The quantitative estimate of drug-likeness (QED) is 0.491. The number of carbonyl (C=O) groups excluding carboxylic acids is 3. The third kappa shape index (κ3) is 4.34. The van der Waals surface area contributed by atoms with Crippen molar-refractivity contribution in [3.8, 4) is 0 Å². The highest BCUT2D eigenvalue weighted by molar-refractivity contribution is 6.06. The molecule has 0 bridgehead atoms. The number of piperidine rings is 1. The molecule has 3 aromatic rings. The van der Waals surface area contributed by atoms with E-state index in [1.807, 2.05) is 12.1 Å². The fourth-order valence-corrected chi connectivity index (χ4v) is 7.20. The molecule has 2 aromatic heterocycles. The van der Waals surface area contributed by atoms with Crippen molar-refractivity contribution in [1.29, 1.82) is 0 Å². The van der Waals surface area contributed by atoms with Crippen molar-refractivity contribution >= 4 is 29.4 Å². The number of nitrogens with one attached hydrogen (secondary N) is 2. The normalized spacial score (nSPS) is 24.0. The molecular formula is C31H29F2N5O4. The standard InChI is InChI=1S/C31H29F2N5O4/c32-21-10-18(11-22(33)13-21)24-3-4-30(5-8-42-9-6-30)29(41)38(24)17-26(39)36-25-12-19-14-31(15-20(19)16-35-25)23-2-1-7-34-27(23)37-28(31)40/h1-2,7,10-13,16,24H,3-6,8-9,14-15,17H2,(H,34,37,40)(H,35,36,39). The number of likely N-dealkylation sites (tertiary alicyclic amines) is 1. The van der Waals surface area contributed by atoms with Crippen LogP contribution in [0.1, 0.15) is 54.0 Å². The number of benzene rings is 1. The Morgan fingerprint density at radius 3 is 2.60 bits per heavy atom. The van der Waals surface area contributed by atoms with Gasteiger partial charge in [0.15, 0.2) is 0 Å². The molecule has 9 nitrogen and oxygen atoms in total. The third-order valence-corrected chi connectivity index (χ3v) is 9.35.